The first-order chi connectivity index (χ1) is 13.2. The number of fused-ring (bicyclic) bond motifs is 1. The summed E-state index contributed by atoms with van der Waals surface area (Å²) in [7, 11) is 1.66. The van der Waals surface area contributed by atoms with Gasteiger partial charge in [-0.15, -0.1) is 0 Å². The number of hydrazine groups is 1. The van der Waals surface area contributed by atoms with E-state index in [0.29, 0.717) is 13.2 Å². The van der Waals surface area contributed by atoms with Gasteiger partial charge in [-0.2, -0.15) is 0 Å². The van der Waals surface area contributed by atoms with Crippen molar-refractivity contribution < 1.29 is 14.2 Å². The van der Waals surface area contributed by atoms with E-state index in [-0.39, 0.29) is 12.1 Å². The Labute approximate surface area is 158 Å². The Morgan fingerprint density at radius 1 is 1.26 bits per heavy atom. The maximum Gasteiger partial charge on any atom is 0.132 e. The van der Waals surface area contributed by atoms with E-state index < -0.39 is 0 Å². The second-order valence-electron chi connectivity index (χ2n) is 6.72. The molecule has 3 heterocycles. The number of anilines is 2. The number of morpholine rings is 1. The van der Waals surface area contributed by atoms with Gasteiger partial charge in [0.25, 0.3) is 0 Å². The van der Waals surface area contributed by atoms with E-state index in [9.17, 15) is 0 Å². The lowest BCUT2D eigenvalue weighted by Gasteiger charge is -2.32. The number of aromatic nitrogens is 2. The van der Waals surface area contributed by atoms with Crippen molar-refractivity contribution in [3.8, 4) is 5.75 Å². The molecule has 0 radical (unpaired) electrons. The molecule has 1 unspecified atom stereocenters. The van der Waals surface area contributed by atoms with E-state index in [0.717, 1.165) is 48.2 Å². The monoisotopic (exact) mass is 371 g/mol. The fourth-order valence-electron chi connectivity index (χ4n) is 3.41. The molecule has 1 fully saturated rings. The van der Waals surface area contributed by atoms with Crippen molar-refractivity contribution in [2.75, 3.05) is 50.3 Å². The molecule has 2 aliphatic rings. The maximum absolute atomic E-state index is 5.75. The average molecular weight is 371 g/mol. The van der Waals surface area contributed by atoms with E-state index in [1.807, 2.05) is 24.3 Å². The number of hydrogen-bond donors (Lipinski definition) is 2. The number of ether oxygens (including phenoxy) is 3. The maximum atomic E-state index is 5.75. The highest BCUT2D eigenvalue weighted by molar-refractivity contribution is 5.61. The summed E-state index contributed by atoms with van der Waals surface area (Å²) in [6.07, 6.45) is 1.83. The van der Waals surface area contributed by atoms with Crippen LogP contribution in [0.4, 0.5) is 11.5 Å². The number of nitrogens with zero attached hydrogens (tertiary/aromatic N) is 3. The van der Waals surface area contributed by atoms with Crippen LogP contribution in [-0.2, 0) is 9.47 Å². The largest absolute Gasteiger partial charge is 0.491 e. The standard InChI is InChI=1S/C19H25N5O3/c1-13-11-24(5-6-26-13)18-10-17(20-12-21-18)19-15-9-14(27-8-7-25-2)3-4-16(15)22-23-19/h3-4,9-10,12-13,19,22-23H,5-8,11H2,1-2H3/t13-,19?/m0/s1. The van der Waals surface area contributed by atoms with Gasteiger partial charge in [-0.3, -0.25) is 0 Å². The molecule has 144 valence electrons. The molecule has 0 aliphatic carbocycles. The lowest BCUT2D eigenvalue weighted by Crippen LogP contribution is -2.41. The Hall–Kier alpha value is -2.42. The third-order valence-electron chi connectivity index (χ3n) is 4.78. The van der Waals surface area contributed by atoms with Crippen LogP contribution in [0.15, 0.2) is 30.6 Å². The zero-order valence-corrected chi connectivity index (χ0v) is 15.6. The number of nitrogens with one attached hydrogen (secondary N) is 2. The third-order valence-corrected chi connectivity index (χ3v) is 4.78. The zero-order chi connectivity index (χ0) is 18.6. The van der Waals surface area contributed by atoms with Crippen molar-refractivity contribution in [1.82, 2.24) is 15.4 Å². The summed E-state index contributed by atoms with van der Waals surface area (Å²) < 4.78 is 16.4. The normalized spacial score (nSPS) is 21.6. The molecule has 2 N–H and O–H groups in total. The van der Waals surface area contributed by atoms with Crippen molar-refractivity contribution in [3.05, 3.63) is 41.9 Å². The predicted octanol–water partition coefficient (Wildman–Crippen LogP) is 1.75. The second-order valence-corrected chi connectivity index (χ2v) is 6.72. The Morgan fingerprint density at radius 3 is 3.04 bits per heavy atom. The summed E-state index contributed by atoms with van der Waals surface area (Å²) in [5.74, 6) is 1.75. The highest BCUT2D eigenvalue weighted by Gasteiger charge is 2.27. The fourth-order valence-corrected chi connectivity index (χ4v) is 3.41. The summed E-state index contributed by atoms with van der Waals surface area (Å²) in [6, 6.07) is 7.99. The lowest BCUT2D eigenvalue weighted by molar-refractivity contribution is 0.0529. The number of benzene rings is 1. The van der Waals surface area contributed by atoms with Gasteiger partial charge in [-0.1, -0.05) is 0 Å². The molecule has 1 aromatic carbocycles. The molecular weight excluding hydrogens is 346 g/mol. The smallest absolute Gasteiger partial charge is 0.132 e. The van der Waals surface area contributed by atoms with E-state index >= 15 is 0 Å². The van der Waals surface area contributed by atoms with Gasteiger partial charge in [0.2, 0.25) is 0 Å². The molecule has 8 nitrogen and oxygen atoms in total. The second kappa shape index (κ2) is 8.08. The van der Waals surface area contributed by atoms with E-state index in [1.54, 1.807) is 13.4 Å². The average Bonchev–Trinajstić information content (AvgIpc) is 3.12. The fraction of sp³-hybridized carbons (Fsp3) is 0.474. The summed E-state index contributed by atoms with van der Waals surface area (Å²) in [4.78, 5) is 11.2. The van der Waals surface area contributed by atoms with Gasteiger partial charge in [0.15, 0.2) is 0 Å². The van der Waals surface area contributed by atoms with Crippen LogP contribution in [0.25, 0.3) is 0 Å². The van der Waals surface area contributed by atoms with Gasteiger partial charge in [0.05, 0.1) is 36.7 Å². The topological polar surface area (TPSA) is 80.8 Å². The van der Waals surface area contributed by atoms with Gasteiger partial charge < -0.3 is 24.5 Å². The Balaban J connectivity index is 1.55. The van der Waals surface area contributed by atoms with Crippen molar-refractivity contribution in [3.63, 3.8) is 0 Å². The number of methoxy groups -OCH3 is 1. The Kier molecular flexibility index (Phi) is 5.38. The summed E-state index contributed by atoms with van der Waals surface area (Å²) >= 11 is 0. The molecule has 2 aromatic rings. The number of rotatable bonds is 6. The van der Waals surface area contributed by atoms with Crippen molar-refractivity contribution in [2.24, 2.45) is 0 Å². The van der Waals surface area contributed by atoms with E-state index in [1.165, 1.54) is 0 Å². The molecule has 27 heavy (non-hydrogen) atoms. The van der Waals surface area contributed by atoms with Gasteiger partial charge in [0.1, 0.15) is 24.5 Å². The van der Waals surface area contributed by atoms with Crippen LogP contribution in [0.3, 0.4) is 0 Å². The van der Waals surface area contributed by atoms with Gasteiger partial charge in [0, 0.05) is 31.8 Å². The minimum Gasteiger partial charge on any atom is -0.491 e. The summed E-state index contributed by atoms with van der Waals surface area (Å²) in [5.41, 5.74) is 9.58. The minimum absolute atomic E-state index is 0.0637. The van der Waals surface area contributed by atoms with Crippen molar-refractivity contribution in [1.29, 1.82) is 0 Å². The van der Waals surface area contributed by atoms with Crippen LogP contribution in [0.5, 0.6) is 5.75 Å². The van der Waals surface area contributed by atoms with Gasteiger partial charge >= 0.3 is 0 Å². The Bertz CT molecular complexity index is 788. The quantitative estimate of drug-likeness (QED) is 0.744. The highest BCUT2D eigenvalue weighted by atomic mass is 16.5. The van der Waals surface area contributed by atoms with Crippen molar-refractivity contribution in [2.45, 2.75) is 19.1 Å². The molecule has 2 aliphatic heterocycles. The van der Waals surface area contributed by atoms with Crippen LogP contribution in [0.1, 0.15) is 24.2 Å². The molecule has 4 rings (SSSR count). The first-order valence-corrected chi connectivity index (χ1v) is 9.20. The number of hydrogen-bond acceptors (Lipinski definition) is 8. The van der Waals surface area contributed by atoms with Crippen molar-refractivity contribution >= 4 is 11.5 Å². The van der Waals surface area contributed by atoms with E-state index in [4.69, 9.17) is 14.2 Å². The van der Waals surface area contributed by atoms with Crippen LogP contribution in [0.2, 0.25) is 0 Å². The minimum atomic E-state index is -0.0637. The van der Waals surface area contributed by atoms with E-state index in [2.05, 4.69) is 32.6 Å². The molecule has 1 aromatic heterocycles. The molecule has 0 bridgehead atoms. The van der Waals surface area contributed by atoms with Crippen LogP contribution in [-0.4, -0.2) is 56.1 Å². The van der Waals surface area contributed by atoms with Gasteiger partial charge in [-0.05, 0) is 25.1 Å². The van der Waals surface area contributed by atoms with Crippen LogP contribution >= 0.6 is 0 Å². The molecular formula is C19H25N5O3. The molecule has 0 amide bonds. The molecule has 0 spiro atoms. The lowest BCUT2D eigenvalue weighted by atomic mass is 10.0. The molecule has 8 heteroatoms. The van der Waals surface area contributed by atoms with Gasteiger partial charge in [-0.25, -0.2) is 15.4 Å². The highest BCUT2D eigenvalue weighted by Crippen LogP contribution is 2.35. The molecule has 0 saturated carbocycles. The first-order valence-electron chi connectivity index (χ1n) is 9.20. The third kappa shape index (κ3) is 3.97. The zero-order valence-electron chi connectivity index (χ0n) is 15.6. The predicted molar refractivity (Wildman–Crippen MR) is 102 cm³/mol. The van der Waals surface area contributed by atoms with Crippen LogP contribution < -0.4 is 20.5 Å². The Morgan fingerprint density at radius 2 is 2.19 bits per heavy atom. The molecule has 1 saturated heterocycles. The van der Waals surface area contributed by atoms with Crippen LogP contribution in [0, 0.1) is 0 Å². The SMILES string of the molecule is COCCOc1ccc2c(c1)C(c1cc(N3CCO[C@@H](C)C3)ncn1)NN2. The molecule has 2 atom stereocenters. The first kappa shape index (κ1) is 18.0. The summed E-state index contributed by atoms with van der Waals surface area (Å²) in [5, 5.41) is 0. The summed E-state index contributed by atoms with van der Waals surface area (Å²) in [6.45, 7) is 5.55.